The van der Waals surface area contributed by atoms with Crippen molar-refractivity contribution in [1.82, 2.24) is 0 Å². The largest absolute Gasteiger partial charge is 2.00 e. The first kappa shape index (κ1) is 79.9. The summed E-state index contributed by atoms with van der Waals surface area (Å²) in [5, 5.41) is 3.30. The molecule has 0 saturated carbocycles. The van der Waals surface area contributed by atoms with Crippen LogP contribution in [0.3, 0.4) is 0 Å². The summed E-state index contributed by atoms with van der Waals surface area (Å²) in [4.78, 5) is -0.0732. The van der Waals surface area contributed by atoms with Gasteiger partial charge >= 0.3 is 48.9 Å². The smallest absolute Gasteiger partial charge is 0.744 e. The van der Waals surface area contributed by atoms with Gasteiger partial charge in [0.25, 0.3) is 0 Å². The number of hydrogen-bond donors (Lipinski definition) is 0. The molecule has 4 rings (SSSR count). The van der Waals surface area contributed by atoms with Crippen LogP contribution in [0.2, 0.25) is 0 Å². The molecule has 4 aromatic carbocycles. The van der Waals surface area contributed by atoms with Crippen LogP contribution in [-0.4, -0.2) is 74.8 Å². The molecule has 85 heavy (non-hydrogen) atoms. The minimum atomic E-state index is -4.52. The monoisotopic (exact) mass is 1340 g/mol. The van der Waals surface area contributed by atoms with Gasteiger partial charge < -0.3 is 9.11 Å². The van der Waals surface area contributed by atoms with Crippen molar-refractivity contribution in [3.05, 3.63) is 82.9 Å². The molecule has 0 unspecified atom stereocenters. The van der Waals surface area contributed by atoms with Gasteiger partial charge in [-0.2, -0.15) is 0 Å². The van der Waals surface area contributed by atoms with E-state index in [4.69, 9.17) is 0 Å². The van der Waals surface area contributed by atoms with Crippen LogP contribution < -0.4 is 0 Å². The second-order valence-corrected chi connectivity index (χ2v) is 28.3. The molecule has 0 radical (unpaired) electrons. The van der Waals surface area contributed by atoms with Gasteiger partial charge in [0.05, 0.1) is 9.79 Å². The quantitative estimate of drug-likeness (QED) is 0.0247. The van der Waals surface area contributed by atoms with Crippen molar-refractivity contribution < 1.29 is 25.9 Å². The maximum absolute atomic E-state index is 12.2. The number of fused-ring (bicyclic) bond motifs is 2. The maximum Gasteiger partial charge on any atom is 2.00 e. The molecule has 0 N–H and O–H groups in total. The summed E-state index contributed by atoms with van der Waals surface area (Å²) >= 11 is 0. The van der Waals surface area contributed by atoms with E-state index in [0.29, 0.717) is 10.8 Å². The zero-order valence-corrected chi connectivity index (χ0v) is 61.6. The first-order valence-corrected chi connectivity index (χ1v) is 38.8. The van der Waals surface area contributed by atoms with Crippen molar-refractivity contribution in [2.45, 2.75) is 371 Å². The van der Waals surface area contributed by atoms with Crippen LogP contribution in [0, 0.1) is 0 Å². The minimum absolute atomic E-state index is 0. The van der Waals surface area contributed by atoms with E-state index in [0.717, 1.165) is 86.1 Å². The summed E-state index contributed by atoms with van der Waals surface area (Å²) in [7, 11) is -9.04. The molecule has 0 heterocycles. The average molecular weight is 1340 g/mol. The van der Waals surface area contributed by atoms with Crippen molar-refractivity contribution in [2.75, 3.05) is 0 Å². The standard InChI is InChI=1S/2C38H64O3S.Ba/c2*1-3-5-7-9-11-13-15-17-19-21-23-25-28-34-32-33-37(42(39,40)41)38-35(30-27-31-36(34)38)29-26-24-22-20-18-16-14-12-10-8-6-4-2;/h2*27,30-33H,3-26,28-29H2,1-2H3,(H,39,40,41);/q;;+2/p-2. The van der Waals surface area contributed by atoms with Gasteiger partial charge in [0, 0.05) is 10.8 Å². The first-order chi connectivity index (χ1) is 41.0. The molecule has 6 nitrogen and oxygen atoms in total. The van der Waals surface area contributed by atoms with E-state index >= 15 is 0 Å². The number of benzene rings is 4. The maximum atomic E-state index is 12.2. The van der Waals surface area contributed by atoms with E-state index in [-0.39, 0.29) is 58.7 Å². The van der Waals surface area contributed by atoms with Gasteiger partial charge in [0.1, 0.15) is 20.2 Å². The van der Waals surface area contributed by atoms with Crippen LogP contribution in [0.25, 0.3) is 21.5 Å². The molecule has 0 amide bonds. The third kappa shape index (κ3) is 37.0. The summed E-state index contributed by atoms with van der Waals surface area (Å²) < 4.78 is 73.2. The third-order valence-corrected chi connectivity index (χ3v) is 19.9. The summed E-state index contributed by atoms with van der Waals surface area (Å²) in [6, 6.07) is 19.1. The molecular formula is C76H126BaO6S2. The van der Waals surface area contributed by atoms with Crippen molar-refractivity contribution in [3.63, 3.8) is 0 Å². The second kappa shape index (κ2) is 52.4. The molecule has 480 valence electrons. The van der Waals surface area contributed by atoms with Gasteiger partial charge in [0.2, 0.25) is 0 Å². The van der Waals surface area contributed by atoms with E-state index in [9.17, 15) is 25.9 Å². The van der Waals surface area contributed by atoms with Gasteiger partial charge in [-0.25, -0.2) is 16.8 Å². The van der Waals surface area contributed by atoms with Crippen LogP contribution in [0.15, 0.2) is 70.5 Å². The summed E-state index contributed by atoms with van der Waals surface area (Å²) in [5.41, 5.74) is 4.40. The van der Waals surface area contributed by atoms with Crippen molar-refractivity contribution >= 4 is 90.7 Å². The van der Waals surface area contributed by atoms with Gasteiger partial charge in [0.15, 0.2) is 0 Å². The molecule has 0 aromatic heterocycles. The molecule has 0 aliphatic carbocycles. The minimum Gasteiger partial charge on any atom is -0.744 e. The van der Waals surface area contributed by atoms with Gasteiger partial charge in [-0.05, 0) is 96.5 Å². The van der Waals surface area contributed by atoms with E-state index < -0.39 is 20.2 Å². The second-order valence-electron chi connectivity index (χ2n) is 25.6. The summed E-state index contributed by atoms with van der Waals surface area (Å²) in [5.74, 6) is 0. The molecular weight excluding hydrogens is 1210 g/mol. The molecule has 0 atom stereocenters. The first-order valence-electron chi connectivity index (χ1n) is 36.0. The van der Waals surface area contributed by atoms with Crippen LogP contribution in [-0.2, 0) is 45.9 Å². The van der Waals surface area contributed by atoms with Gasteiger partial charge in [-0.15, -0.1) is 0 Å². The average Bonchev–Trinajstić information content (AvgIpc) is 1.35. The molecule has 0 saturated heterocycles. The Hall–Kier alpha value is -1.21. The number of unbranched alkanes of at least 4 members (excludes halogenated alkanes) is 44. The molecule has 0 spiro atoms. The van der Waals surface area contributed by atoms with Gasteiger partial charge in [-0.1, -0.05) is 359 Å². The zero-order chi connectivity index (χ0) is 60.6. The number of aryl methyl sites for hydroxylation is 4. The third-order valence-electron chi connectivity index (χ3n) is 18.1. The van der Waals surface area contributed by atoms with Crippen LogP contribution in [0.1, 0.15) is 358 Å². The molecule has 0 fully saturated rings. The predicted octanol–water partition coefficient (Wildman–Crippen LogP) is 24.1. The number of hydrogen-bond acceptors (Lipinski definition) is 6. The van der Waals surface area contributed by atoms with Crippen LogP contribution in [0.4, 0.5) is 0 Å². The van der Waals surface area contributed by atoms with E-state index in [1.165, 1.54) is 281 Å². The topological polar surface area (TPSA) is 114 Å². The Labute approximate surface area is 565 Å². The predicted molar refractivity (Wildman–Crippen MR) is 369 cm³/mol. The van der Waals surface area contributed by atoms with Crippen molar-refractivity contribution in [1.29, 1.82) is 0 Å². The van der Waals surface area contributed by atoms with E-state index in [1.807, 2.05) is 48.5 Å². The fourth-order valence-corrected chi connectivity index (χ4v) is 14.4. The SMILES string of the molecule is CCCCCCCCCCCCCCc1ccc(S(=O)(=O)[O-])c2c(CCCCCCCCCCCCCC)cccc12.CCCCCCCCCCCCCCc1ccc(S(=O)(=O)[O-])c2c(CCCCCCCCCCCCCC)cccc12.[Ba+2]. The van der Waals surface area contributed by atoms with Gasteiger partial charge in [-0.3, -0.25) is 0 Å². The van der Waals surface area contributed by atoms with Crippen molar-refractivity contribution in [3.8, 4) is 0 Å². The van der Waals surface area contributed by atoms with E-state index in [2.05, 4.69) is 27.7 Å². The fraction of sp³-hybridized carbons (Fsp3) is 0.737. The number of rotatable bonds is 54. The summed E-state index contributed by atoms with van der Waals surface area (Å²) in [6.45, 7) is 9.08. The Morgan fingerprint density at radius 3 is 0.635 bits per heavy atom. The Bertz CT molecular complexity index is 2300. The molecule has 4 aromatic rings. The normalized spacial score (nSPS) is 11.8. The van der Waals surface area contributed by atoms with Crippen LogP contribution >= 0.6 is 0 Å². The zero-order valence-electron chi connectivity index (χ0n) is 55.5. The Kier molecular flexibility index (Phi) is 49.3. The Balaban J connectivity index is 0.000000573. The molecule has 0 aliphatic heterocycles. The summed E-state index contributed by atoms with van der Waals surface area (Å²) in [6.07, 6.45) is 66.5. The Morgan fingerprint density at radius 2 is 0.435 bits per heavy atom. The van der Waals surface area contributed by atoms with Crippen LogP contribution in [0.5, 0.6) is 0 Å². The van der Waals surface area contributed by atoms with E-state index in [1.54, 1.807) is 12.1 Å². The molecule has 0 bridgehead atoms. The molecule has 9 heteroatoms. The fourth-order valence-electron chi connectivity index (χ4n) is 12.9. The van der Waals surface area contributed by atoms with Crippen molar-refractivity contribution in [2.24, 2.45) is 0 Å². The molecule has 0 aliphatic rings. The Morgan fingerprint density at radius 1 is 0.247 bits per heavy atom.